The second kappa shape index (κ2) is 7.74. The van der Waals surface area contributed by atoms with Crippen molar-refractivity contribution in [2.45, 2.75) is 13.1 Å². The molecule has 1 aliphatic carbocycles. The molecule has 8 heteroatoms. The van der Waals surface area contributed by atoms with Crippen LogP contribution in [0.15, 0.2) is 57.7 Å². The van der Waals surface area contributed by atoms with Gasteiger partial charge in [0.25, 0.3) is 0 Å². The zero-order chi connectivity index (χ0) is 24.2. The lowest BCUT2D eigenvalue weighted by Crippen LogP contribution is -2.49. The van der Waals surface area contributed by atoms with Crippen molar-refractivity contribution in [3.8, 4) is 0 Å². The van der Waals surface area contributed by atoms with E-state index in [4.69, 9.17) is 4.42 Å². The molecule has 7 nitrogen and oxygen atoms in total. The van der Waals surface area contributed by atoms with E-state index >= 15 is 0 Å². The van der Waals surface area contributed by atoms with Crippen molar-refractivity contribution in [3.63, 3.8) is 0 Å². The Balaban J connectivity index is 2.14. The lowest BCUT2D eigenvalue weighted by Gasteiger charge is -2.38. The van der Waals surface area contributed by atoms with Crippen LogP contribution in [0.25, 0.3) is 5.57 Å². The maximum Gasteiger partial charge on any atom is 0.372 e. The van der Waals surface area contributed by atoms with Crippen molar-refractivity contribution in [3.05, 3.63) is 75.9 Å². The van der Waals surface area contributed by atoms with E-state index in [1.807, 2.05) is 62.0 Å². The van der Waals surface area contributed by atoms with Gasteiger partial charge in [0, 0.05) is 43.1 Å². The van der Waals surface area contributed by atoms with Crippen molar-refractivity contribution < 1.29 is 28.8 Å². The van der Waals surface area contributed by atoms with Crippen LogP contribution >= 0.6 is 0 Å². The number of hydrogen-bond acceptors (Lipinski definition) is 5. The number of carboxylic acids is 2. The number of rotatable bonds is 4. The molecule has 0 atom stereocenters. The third-order valence-electron chi connectivity index (χ3n) is 6.32. The summed E-state index contributed by atoms with van der Waals surface area (Å²) in [5.74, 6) is -3.79. The molecule has 1 N–H and O–H groups in total. The second-order valence-corrected chi connectivity index (χ2v) is 13.5. The van der Waals surface area contributed by atoms with Gasteiger partial charge in [-0.2, -0.15) is 0 Å². The van der Waals surface area contributed by atoms with Crippen LogP contribution in [0.2, 0.25) is 13.1 Å². The normalized spacial score (nSPS) is 16.2. The molecule has 0 radical (unpaired) electrons. The standard InChI is InChI=1S/C25H26N2O5Si/c1-26(2)14-7-9-16-20(11-14)33(5,6)21-12-15(27(3)4)8-10-17(21)22(16)18-13-19(24(28)29)32-23(18)25(30)31/h7-13H,1-6H3,(H-,28,29,30,31). The summed E-state index contributed by atoms with van der Waals surface area (Å²) >= 11 is 0. The van der Waals surface area contributed by atoms with E-state index in [9.17, 15) is 19.8 Å². The number of carbonyl (C=O) groups excluding carboxylic acids is 1. The number of hydrogen-bond donors (Lipinski definition) is 1. The lowest BCUT2D eigenvalue weighted by atomic mass is 9.89. The van der Waals surface area contributed by atoms with Crippen LogP contribution in [0.1, 0.15) is 32.2 Å². The number of furan rings is 1. The summed E-state index contributed by atoms with van der Waals surface area (Å²) in [6.45, 7) is 4.56. The highest BCUT2D eigenvalue weighted by molar-refractivity contribution is 6.98. The molecule has 33 heavy (non-hydrogen) atoms. The number of nitrogens with zero attached hydrogens (tertiary/aromatic N) is 2. The van der Waals surface area contributed by atoms with Gasteiger partial charge in [-0.25, -0.2) is 9.37 Å². The van der Waals surface area contributed by atoms with E-state index < -0.39 is 31.5 Å². The van der Waals surface area contributed by atoms with Crippen molar-refractivity contribution in [2.24, 2.45) is 0 Å². The maximum atomic E-state index is 12.0. The molecule has 1 aliphatic heterocycles. The maximum absolute atomic E-state index is 12.0. The summed E-state index contributed by atoms with van der Waals surface area (Å²) in [5, 5.41) is 23.6. The number of benzene rings is 1. The second-order valence-electron chi connectivity index (χ2n) is 9.19. The summed E-state index contributed by atoms with van der Waals surface area (Å²) in [6, 6.07) is 7.41. The Morgan fingerprint density at radius 1 is 1.09 bits per heavy atom. The Morgan fingerprint density at radius 3 is 2.36 bits per heavy atom. The van der Waals surface area contributed by atoms with Gasteiger partial charge in [-0.05, 0) is 45.8 Å². The van der Waals surface area contributed by atoms with Crippen LogP contribution in [0.5, 0.6) is 0 Å². The van der Waals surface area contributed by atoms with E-state index in [2.05, 4.69) is 25.2 Å². The first kappa shape index (κ1) is 22.5. The molecule has 0 amide bonds. The minimum Gasteiger partial charge on any atom is -0.542 e. The molecule has 2 aromatic rings. The fourth-order valence-corrected chi connectivity index (χ4v) is 7.58. The molecule has 0 bridgehead atoms. The Kier molecular flexibility index (Phi) is 5.28. The van der Waals surface area contributed by atoms with Gasteiger partial charge >= 0.3 is 5.97 Å². The van der Waals surface area contributed by atoms with Crippen LogP contribution in [0, 0.1) is 0 Å². The monoisotopic (exact) mass is 462 g/mol. The average molecular weight is 463 g/mol. The number of carboxylic acid groups (broad SMARTS) is 2. The molecule has 0 saturated heterocycles. The average Bonchev–Trinajstić information content (AvgIpc) is 3.19. The SMILES string of the molecule is CN(C)c1ccc2c(c1)[Si](C)(C)C1=CC(=[N+](C)C)C=CC1=C2c1cc(C(=O)[O-])oc1C(=O)O. The molecule has 4 rings (SSSR count). The first-order valence-electron chi connectivity index (χ1n) is 10.5. The molecule has 1 aromatic heterocycles. The first-order chi connectivity index (χ1) is 15.4. The number of allylic oxidation sites excluding steroid dienone is 5. The molecule has 0 fully saturated rings. The van der Waals surface area contributed by atoms with Gasteiger partial charge < -0.3 is 24.3 Å². The quantitative estimate of drug-likeness (QED) is 0.551. The highest BCUT2D eigenvalue weighted by atomic mass is 28.3. The number of carbonyl (C=O) groups is 2. The summed E-state index contributed by atoms with van der Waals surface area (Å²) in [4.78, 5) is 25.5. The lowest BCUT2D eigenvalue weighted by molar-refractivity contribution is -0.462. The van der Waals surface area contributed by atoms with Gasteiger partial charge in [-0.15, -0.1) is 0 Å². The van der Waals surface area contributed by atoms with E-state index in [1.165, 1.54) is 6.07 Å². The summed E-state index contributed by atoms with van der Waals surface area (Å²) in [7, 11) is 5.71. The van der Waals surface area contributed by atoms with Gasteiger partial charge in [0.05, 0.1) is 0 Å². The summed E-state index contributed by atoms with van der Waals surface area (Å²) < 4.78 is 7.24. The smallest absolute Gasteiger partial charge is 0.372 e. The van der Waals surface area contributed by atoms with Gasteiger partial charge in [-0.1, -0.05) is 19.2 Å². The predicted molar refractivity (Wildman–Crippen MR) is 128 cm³/mol. The first-order valence-corrected chi connectivity index (χ1v) is 13.5. The molecular weight excluding hydrogens is 436 g/mol. The molecular formula is C25H26N2O5Si. The topological polar surface area (TPSA) is 96.8 Å². The largest absolute Gasteiger partial charge is 0.542 e. The minimum atomic E-state index is -2.20. The van der Waals surface area contributed by atoms with E-state index in [-0.39, 0.29) is 5.56 Å². The fraction of sp³-hybridized carbons (Fsp3) is 0.240. The van der Waals surface area contributed by atoms with Crippen molar-refractivity contribution in [1.29, 1.82) is 0 Å². The van der Waals surface area contributed by atoms with E-state index in [0.717, 1.165) is 32.9 Å². The number of fused-ring (bicyclic) bond motifs is 2. The highest BCUT2D eigenvalue weighted by Crippen LogP contribution is 2.43. The van der Waals surface area contributed by atoms with Gasteiger partial charge in [0.1, 0.15) is 28.1 Å². The molecule has 2 heterocycles. The Labute approximate surface area is 193 Å². The third-order valence-corrected chi connectivity index (χ3v) is 9.84. The minimum absolute atomic E-state index is 0.240. The van der Waals surface area contributed by atoms with Gasteiger partial charge in [-0.3, -0.25) is 0 Å². The van der Waals surface area contributed by atoms with Crippen molar-refractivity contribution in [1.82, 2.24) is 0 Å². The van der Waals surface area contributed by atoms with Crippen LogP contribution in [-0.2, 0) is 0 Å². The van der Waals surface area contributed by atoms with Gasteiger partial charge in [0.15, 0.2) is 11.5 Å². The predicted octanol–water partition coefficient (Wildman–Crippen LogP) is 1.89. The molecule has 0 spiro atoms. The van der Waals surface area contributed by atoms with Crippen molar-refractivity contribution in [2.75, 3.05) is 33.1 Å². The third kappa shape index (κ3) is 3.56. The van der Waals surface area contributed by atoms with Gasteiger partial charge in [0.2, 0.25) is 5.76 Å². The van der Waals surface area contributed by atoms with Crippen LogP contribution in [0.3, 0.4) is 0 Å². The number of aromatic carboxylic acids is 2. The summed E-state index contributed by atoms with van der Waals surface area (Å²) in [5.41, 5.74) is 4.79. The fourth-order valence-electron chi connectivity index (χ4n) is 4.51. The molecule has 0 saturated carbocycles. The molecule has 1 aromatic carbocycles. The Morgan fingerprint density at radius 2 is 1.79 bits per heavy atom. The van der Waals surface area contributed by atoms with E-state index in [0.29, 0.717) is 5.57 Å². The highest BCUT2D eigenvalue weighted by Gasteiger charge is 2.41. The summed E-state index contributed by atoms with van der Waals surface area (Å²) in [6.07, 6.45) is 6.14. The molecule has 2 aliphatic rings. The Hall–Kier alpha value is -3.65. The van der Waals surface area contributed by atoms with Crippen LogP contribution in [-0.4, -0.2) is 63.6 Å². The van der Waals surface area contributed by atoms with E-state index in [1.54, 1.807) is 0 Å². The van der Waals surface area contributed by atoms with Crippen molar-refractivity contribution >= 4 is 42.2 Å². The molecule has 0 unspecified atom stereocenters. The Bertz CT molecular complexity index is 1330. The zero-order valence-corrected chi connectivity index (χ0v) is 20.5. The zero-order valence-electron chi connectivity index (χ0n) is 19.5. The molecule has 170 valence electrons. The number of anilines is 1. The van der Waals surface area contributed by atoms with Crippen LogP contribution in [0.4, 0.5) is 5.69 Å². The van der Waals surface area contributed by atoms with Crippen LogP contribution < -0.4 is 15.2 Å².